The van der Waals surface area contributed by atoms with Crippen molar-refractivity contribution < 1.29 is 9.50 Å². The summed E-state index contributed by atoms with van der Waals surface area (Å²) in [7, 11) is 2.07. The number of aliphatic hydroxyl groups excluding tert-OH is 1. The Morgan fingerprint density at radius 1 is 1.35 bits per heavy atom. The van der Waals surface area contributed by atoms with Crippen LogP contribution >= 0.6 is 0 Å². The van der Waals surface area contributed by atoms with E-state index in [0.29, 0.717) is 12.0 Å². The van der Waals surface area contributed by atoms with Gasteiger partial charge in [-0.3, -0.25) is 4.90 Å². The predicted molar refractivity (Wildman–Crippen MR) is 80.8 cm³/mol. The van der Waals surface area contributed by atoms with Gasteiger partial charge >= 0.3 is 0 Å². The summed E-state index contributed by atoms with van der Waals surface area (Å²) in [5, 5.41) is 8.77. The van der Waals surface area contributed by atoms with Crippen LogP contribution in [0.1, 0.15) is 44.7 Å². The van der Waals surface area contributed by atoms with Gasteiger partial charge in [-0.15, -0.1) is 0 Å². The summed E-state index contributed by atoms with van der Waals surface area (Å²) in [5.74, 6) is 5.53. The highest BCUT2D eigenvalue weighted by molar-refractivity contribution is 5.41. The quantitative estimate of drug-likeness (QED) is 0.836. The molecule has 0 radical (unpaired) electrons. The standard InChI is InChI=1S/C17H24FNO/c1-5-17(2,3)19(4)13-15-9-10-16(18)12-14(15)8-6-7-11-20/h9-10,12,20H,5,7,11,13H2,1-4H3. The highest BCUT2D eigenvalue weighted by atomic mass is 19.1. The van der Waals surface area contributed by atoms with Gasteiger partial charge in [0, 0.05) is 24.1 Å². The van der Waals surface area contributed by atoms with E-state index in [1.165, 1.54) is 12.1 Å². The van der Waals surface area contributed by atoms with Crippen LogP contribution in [0.15, 0.2) is 18.2 Å². The molecule has 0 aliphatic rings. The van der Waals surface area contributed by atoms with Crippen LogP contribution in [0.4, 0.5) is 4.39 Å². The maximum absolute atomic E-state index is 13.4. The smallest absolute Gasteiger partial charge is 0.124 e. The van der Waals surface area contributed by atoms with Crippen LogP contribution in [0.2, 0.25) is 0 Å². The van der Waals surface area contributed by atoms with Crippen molar-refractivity contribution in [3.63, 3.8) is 0 Å². The highest BCUT2D eigenvalue weighted by Gasteiger charge is 2.21. The summed E-state index contributed by atoms with van der Waals surface area (Å²) >= 11 is 0. The van der Waals surface area contributed by atoms with Gasteiger partial charge in [0.15, 0.2) is 0 Å². The number of rotatable bonds is 5. The van der Waals surface area contributed by atoms with E-state index in [0.717, 1.165) is 18.5 Å². The molecular formula is C17H24FNO. The third-order valence-electron chi connectivity index (χ3n) is 3.84. The Labute approximate surface area is 121 Å². The fourth-order valence-electron chi connectivity index (χ4n) is 1.76. The minimum atomic E-state index is -0.278. The second-order valence-corrected chi connectivity index (χ2v) is 5.60. The molecule has 0 spiro atoms. The van der Waals surface area contributed by atoms with Crippen LogP contribution in [0.25, 0.3) is 0 Å². The molecule has 0 bridgehead atoms. The van der Waals surface area contributed by atoms with Gasteiger partial charge in [0.2, 0.25) is 0 Å². The molecule has 1 N–H and O–H groups in total. The summed E-state index contributed by atoms with van der Waals surface area (Å²) < 4.78 is 13.4. The average molecular weight is 277 g/mol. The molecule has 110 valence electrons. The first kappa shape index (κ1) is 16.7. The number of halogens is 1. The molecule has 0 unspecified atom stereocenters. The lowest BCUT2D eigenvalue weighted by atomic mass is 9.98. The molecule has 0 saturated carbocycles. The summed E-state index contributed by atoms with van der Waals surface area (Å²) in [6.07, 6.45) is 1.45. The Balaban J connectivity index is 2.98. The van der Waals surface area contributed by atoms with Crippen molar-refractivity contribution in [2.45, 2.75) is 45.7 Å². The highest BCUT2D eigenvalue weighted by Crippen LogP contribution is 2.21. The zero-order valence-corrected chi connectivity index (χ0v) is 12.8. The number of nitrogens with zero attached hydrogens (tertiary/aromatic N) is 1. The van der Waals surface area contributed by atoms with E-state index in [2.05, 4.69) is 44.6 Å². The molecule has 0 amide bonds. The molecular weight excluding hydrogens is 253 g/mol. The van der Waals surface area contributed by atoms with Gasteiger partial charge in [-0.25, -0.2) is 4.39 Å². The van der Waals surface area contributed by atoms with E-state index in [1.54, 1.807) is 6.07 Å². The maximum atomic E-state index is 13.4. The second-order valence-electron chi connectivity index (χ2n) is 5.60. The lowest BCUT2D eigenvalue weighted by molar-refractivity contribution is 0.143. The monoisotopic (exact) mass is 277 g/mol. The van der Waals surface area contributed by atoms with Crippen molar-refractivity contribution in [3.05, 3.63) is 35.1 Å². The van der Waals surface area contributed by atoms with Crippen molar-refractivity contribution in [1.29, 1.82) is 0 Å². The van der Waals surface area contributed by atoms with Gasteiger partial charge in [0.25, 0.3) is 0 Å². The molecule has 3 heteroatoms. The first-order chi connectivity index (χ1) is 9.40. The fraction of sp³-hybridized carbons (Fsp3) is 0.529. The number of hydrogen-bond acceptors (Lipinski definition) is 2. The number of hydrogen-bond donors (Lipinski definition) is 1. The van der Waals surface area contributed by atoms with Crippen LogP contribution in [-0.2, 0) is 6.54 Å². The van der Waals surface area contributed by atoms with E-state index in [9.17, 15) is 4.39 Å². The normalized spacial score (nSPS) is 11.3. The molecule has 0 atom stereocenters. The Kier molecular flexibility index (Phi) is 6.19. The van der Waals surface area contributed by atoms with Gasteiger partial charge in [-0.2, -0.15) is 0 Å². The summed E-state index contributed by atoms with van der Waals surface area (Å²) in [6.45, 7) is 7.29. The summed E-state index contributed by atoms with van der Waals surface area (Å²) in [4.78, 5) is 2.25. The second kappa shape index (κ2) is 7.42. The summed E-state index contributed by atoms with van der Waals surface area (Å²) in [6, 6.07) is 4.73. The van der Waals surface area contributed by atoms with Crippen LogP contribution in [0, 0.1) is 17.7 Å². The maximum Gasteiger partial charge on any atom is 0.124 e. The first-order valence-corrected chi connectivity index (χ1v) is 7.00. The van der Waals surface area contributed by atoms with E-state index in [4.69, 9.17) is 5.11 Å². The molecule has 0 aliphatic carbocycles. The Morgan fingerprint density at radius 2 is 2.05 bits per heavy atom. The van der Waals surface area contributed by atoms with Crippen molar-refractivity contribution >= 4 is 0 Å². The van der Waals surface area contributed by atoms with Gasteiger partial charge < -0.3 is 5.11 Å². The summed E-state index contributed by atoms with van der Waals surface area (Å²) in [5.41, 5.74) is 1.81. The third-order valence-corrected chi connectivity index (χ3v) is 3.84. The zero-order valence-electron chi connectivity index (χ0n) is 12.8. The Morgan fingerprint density at radius 3 is 2.65 bits per heavy atom. The molecule has 0 saturated heterocycles. The molecule has 1 rings (SSSR count). The molecule has 1 aromatic rings. The molecule has 0 aliphatic heterocycles. The van der Waals surface area contributed by atoms with Crippen LogP contribution in [0.5, 0.6) is 0 Å². The van der Waals surface area contributed by atoms with Crippen LogP contribution in [0.3, 0.4) is 0 Å². The molecule has 20 heavy (non-hydrogen) atoms. The van der Waals surface area contributed by atoms with Crippen molar-refractivity contribution in [1.82, 2.24) is 4.90 Å². The fourth-order valence-corrected chi connectivity index (χ4v) is 1.76. The van der Waals surface area contributed by atoms with Crippen LogP contribution < -0.4 is 0 Å². The molecule has 0 aromatic heterocycles. The number of benzene rings is 1. The van der Waals surface area contributed by atoms with Crippen LogP contribution in [-0.4, -0.2) is 29.2 Å². The topological polar surface area (TPSA) is 23.5 Å². The lowest BCUT2D eigenvalue weighted by Gasteiger charge is -2.35. The molecule has 1 aromatic carbocycles. The number of aliphatic hydroxyl groups is 1. The van der Waals surface area contributed by atoms with E-state index < -0.39 is 0 Å². The predicted octanol–water partition coefficient (Wildman–Crippen LogP) is 3.18. The van der Waals surface area contributed by atoms with Crippen molar-refractivity contribution in [2.24, 2.45) is 0 Å². The Hall–Kier alpha value is -1.37. The zero-order chi connectivity index (χ0) is 15.2. The van der Waals surface area contributed by atoms with Crippen molar-refractivity contribution in [3.8, 4) is 11.8 Å². The van der Waals surface area contributed by atoms with Gasteiger partial charge in [0.05, 0.1) is 6.61 Å². The molecule has 0 fully saturated rings. The van der Waals surface area contributed by atoms with Gasteiger partial charge in [-0.1, -0.05) is 24.8 Å². The molecule has 0 heterocycles. The Bertz CT molecular complexity index is 499. The van der Waals surface area contributed by atoms with E-state index in [1.807, 2.05) is 0 Å². The largest absolute Gasteiger partial charge is 0.395 e. The lowest BCUT2D eigenvalue weighted by Crippen LogP contribution is -2.39. The molecule has 2 nitrogen and oxygen atoms in total. The van der Waals surface area contributed by atoms with E-state index >= 15 is 0 Å². The minimum absolute atomic E-state index is 0.0282. The first-order valence-electron chi connectivity index (χ1n) is 7.00. The average Bonchev–Trinajstić information content (AvgIpc) is 2.41. The van der Waals surface area contributed by atoms with E-state index in [-0.39, 0.29) is 18.0 Å². The minimum Gasteiger partial charge on any atom is -0.395 e. The third kappa shape index (κ3) is 4.63. The van der Waals surface area contributed by atoms with Crippen molar-refractivity contribution in [2.75, 3.05) is 13.7 Å². The van der Waals surface area contributed by atoms with Gasteiger partial charge in [-0.05, 0) is 45.0 Å². The van der Waals surface area contributed by atoms with Gasteiger partial charge in [0.1, 0.15) is 5.82 Å². The SMILES string of the molecule is CCC(C)(C)N(C)Cc1ccc(F)cc1C#CCCO.